The van der Waals surface area contributed by atoms with E-state index in [1.165, 1.54) is 0 Å². The van der Waals surface area contributed by atoms with E-state index in [4.69, 9.17) is 15.3 Å². The van der Waals surface area contributed by atoms with Gasteiger partial charge in [0, 0.05) is 12.8 Å². The molecule has 0 atom stereocenters. The molecule has 0 aliphatic carbocycles. The molecule has 0 aliphatic rings. The molecule has 0 amide bonds. The van der Waals surface area contributed by atoms with E-state index in [0.29, 0.717) is 0 Å². The highest BCUT2D eigenvalue weighted by atomic mass is 16.7. The van der Waals surface area contributed by atoms with E-state index >= 15 is 0 Å². The average molecular weight is 320 g/mol. The molecule has 0 aromatic rings. The van der Waals surface area contributed by atoms with Gasteiger partial charge in [0.1, 0.15) is 0 Å². The molecule has 0 aliphatic heterocycles. The molecule has 0 aromatic carbocycles. The van der Waals surface area contributed by atoms with Crippen LogP contribution in [0.1, 0.15) is 71.1 Å². The first-order valence-corrected chi connectivity index (χ1v) is 7.69. The minimum Gasteiger partial charge on any atom is -0.481 e. The Morgan fingerprint density at radius 1 is 0.682 bits per heavy atom. The largest absolute Gasteiger partial charge is 0.505 e. The van der Waals surface area contributed by atoms with Crippen LogP contribution < -0.4 is 0 Å². The third-order valence-corrected chi connectivity index (χ3v) is 2.80. The normalized spacial score (nSPS) is 9.50. The Labute approximate surface area is 131 Å². The summed E-state index contributed by atoms with van der Waals surface area (Å²) in [6.45, 7) is 1.85. The second-order valence-corrected chi connectivity index (χ2v) is 4.81. The molecule has 0 rings (SSSR count). The number of ether oxygens (including phenoxy) is 1. The van der Waals surface area contributed by atoms with Crippen LogP contribution in [0.4, 0.5) is 4.79 Å². The number of rotatable bonds is 12. The molecule has 0 saturated heterocycles. The second-order valence-electron chi connectivity index (χ2n) is 4.81. The summed E-state index contributed by atoms with van der Waals surface area (Å²) in [6, 6.07) is 0. The van der Waals surface area contributed by atoms with Gasteiger partial charge in [-0.1, -0.05) is 38.5 Å². The topological polar surface area (TPSA) is 121 Å². The van der Waals surface area contributed by atoms with Crippen LogP contribution in [-0.2, 0) is 14.3 Å². The summed E-state index contributed by atoms with van der Waals surface area (Å²) in [5.74, 6) is -1.43. The van der Waals surface area contributed by atoms with E-state index in [1.807, 2.05) is 0 Å². The van der Waals surface area contributed by atoms with Crippen molar-refractivity contribution < 1.29 is 34.4 Å². The fraction of sp³-hybridized carbons (Fsp3) is 0.800. The summed E-state index contributed by atoms with van der Waals surface area (Å²) in [6.07, 6.45) is 7.30. The highest BCUT2D eigenvalue weighted by Crippen LogP contribution is 2.10. The molecule has 0 saturated carbocycles. The number of carboxylic acid groups (broad SMARTS) is 3. The van der Waals surface area contributed by atoms with E-state index in [2.05, 4.69) is 4.74 Å². The summed E-state index contributed by atoms with van der Waals surface area (Å²) in [5, 5.41) is 24.5. The van der Waals surface area contributed by atoms with Gasteiger partial charge in [0.15, 0.2) is 0 Å². The van der Waals surface area contributed by atoms with Gasteiger partial charge in [0.2, 0.25) is 0 Å². The van der Waals surface area contributed by atoms with Crippen molar-refractivity contribution in [1.29, 1.82) is 0 Å². The Kier molecular flexibility index (Phi) is 17.6. The lowest BCUT2D eigenvalue weighted by Gasteiger charge is -2.00. The maximum atomic E-state index is 10.2. The summed E-state index contributed by atoms with van der Waals surface area (Å²) in [7, 11) is 0. The Bertz CT molecular complexity index is 280. The molecule has 22 heavy (non-hydrogen) atoms. The lowest BCUT2D eigenvalue weighted by atomic mass is 10.1. The van der Waals surface area contributed by atoms with Crippen molar-refractivity contribution in [2.75, 3.05) is 6.61 Å². The highest BCUT2D eigenvalue weighted by molar-refractivity contribution is 5.66. The molecule has 3 N–H and O–H groups in total. The molecule has 0 heterocycles. The summed E-state index contributed by atoms with van der Waals surface area (Å²) < 4.78 is 3.96. The van der Waals surface area contributed by atoms with Gasteiger partial charge in [-0.2, -0.15) is 0 Å². The van der Waals surface area contributed by atoms with Crippen LogP contribution >= 0.6 is 0 Å². The fourth-order valence-electron chi connectivity index (χ4n) is 1.74. The maximum Gasteiger partial charge on any atom is 0.505 e. The number of carboxylic acids is 2. The SMILES string of the molecule is CCOC(=O)O.O=C(O)CCCCCCCCCCC(=O)O. The van der Waals surface area contributed by atoms with Crippen LogP contribution in [0, 0.1) is 0 Å². The maximum absolute atomic E-state index is 10.2. The molecule has 0 spiro atoms. The van der Waals surface area contributed by atoms with Crippen LogP contribution in [0.15, 0.2) is 0 Å². The summed E-state index contributed by atoms with van der Waals surface area (Å²) in [4.78, 5) is 29.8. The number of unbranched alkanes of at least 4 members (excludes halogenated alkanes) is 7. The zero-order chi connectivity index (χ0) is 17.2. The molecule has 130 valence electrons. The van der Waals surface area contributed by atoms with Gasteiger partial charge in [-0.25, -0.2) is 4.79 Å². The first kappa shape index (κ1) is 22.5. The van der Waals surface area contributed by atoms with Crippen LogP contribution in [-0.4, -0.2) is 40.0 Å². The second kappa shape index (κ2) is 17.3. The standard InChI is InChI=1S/C12H22O4.C3H6O3/c13-11(14)9-7-5-3-1-2-4-6-8-10-12(15)16;1-2-6-3(4)5/h1-10H2,(H,13,14)(H,15,16);2H2,1H3,(H,4,5). The number of hydrogen-bond acceptors (Lipinski definition) is 4. The highest BCUT2D eigenvalue weighted by Gasteiger charge is 1.98. The van der Waals surface area contributed by atoms with Crippen molar-refractivity contribution in [1.82, 2.24) is 0 Å². The van der Waals surface area contributed by atoms with Gasteiger partial charge in [-0.05, 0) is 19.8 Å². The third-order valence-electron chi connectivity index (χ3n) is 2.80. The predicted molar refractivity (Wildman–Crippen MR) is 81.1 cm³/mol. The van der Waals surface area contributed by atoms with Gasteiger partial charge < -0.3 is 20.1 Å². The molecule has 0 aromatic heterocycles. The molecule has 0 bridgehead atoms. The predicted octanol–water partition coefficient (Wildman–Crippen LogP) is 3.76. The van der Waals surface area contributed by atoms with E-state index < -0.39 is 18.1 Å². The van der Waals surface area contributed by atoms with E-state index in [1.54, 1.807) is 6.92 Å². The van der Waals surface area contributed by atoms with Crippen LogP contribution in [0.5, 0.6) is 0 Å². The number of hydrogen-bond donors (Lipinski definition) is 3. The average Bonchev–Trinajstić information content (AvgIpc) is 2.40. The lowest BCUT2D eigenvalue weighted by molar-refractivity contribution is -0.138. The van der Waals surface area contributed by atoms with Gasteiger partial charge in [0.25, 0.3) is 0 Å². The van der Waals surface area contributed by atoms with Crippen molar-refractivity contribution in [3.8, 4) is 0 Å². The van der Waals surface area contributed by atoms with Crippen molar-refractivity contribution in [2.45, 2.75) is 71.1 Å². The first-order chi connectivity index (χ1) is 10.4. The van der Waals surface area contributed by atoms with Gasteiger partial charge in [-0.3, -0.25) is 9.59 Å². The van der Waals surface area contributed by atoms with Gasteiger partial charge >= 0.3 is 18.1 Å². The minimum absolute atomic E-state index is 0.231. The van der Waals surface area contributed by atoms with E-state index in [-0.39, 0.29) is 19.4 Å². The van der Waals surface area contributed by atoms with Crippen molar-refractivity contribution >= 4 is 18.1 Å². The quantitative estimate of drug-likeness (QED) is 0.369. The number of aliphatic carboxylic acids is 2. The third kappa shape index (κ3) is 26.7. The van der Waals surface area contributed by atoms with E-state index in [9.17, 15) is 14.4 Å². The molecular formula is C15H28O7. The molecular weight excluding hydrogens is 292 g/mol. The number of carbonyl (C=O) groups is 3. The van der Waals surface area contributed by atoms with E-state index in [0.717, 1.165) is 51.4 Å². The Morgan fingerprint density at radius 3 is 1.18 bits per heavy atom. The van der Waals surface area contributed by atoms with Gasteiger partial charge in [0.05, 0.1) is 6.61 Å². The van der Waals surface area contributed by atoms with Crippen molar-refractivity contribution in [3.05, 3.63) is 0 Å². The Hall–Kier alpha value is -1.79. The molecule has 0 fully saturated rings. The van der Waals surface area contributed by atoms with Crippen LogP contribution in [0.2, 0.25) is 0 Å². The molecule has 7 heteroatoms. The molecule has 7 nitrogen and oxygen atoms in total. The Morgan fingerprint density at radius 2 is 1.00 bits per heavy atom. The minimum atomic E-state index is -1.21. The summed E-state index contributed by atoms with van der Waals surface area (Å²) >= 11 is 0. The zero-order valence-corrected chi connectivity index (χ0v) is 13.3. The monoisotopic (exact) mass is 320 g/mol. The summed E-state index contributed by atoms with van der Waals surface area (Å²) in [5.41, 5.74) is 0. The van der Waals surface area contributed by atoms with Gasteiger partial charge in [-0.15, -0.1) is 0 Å². The zero-order valence-electron chi connectivity index (χ0n) is 13.3. The van der Waals surface area contributed by atoms with Crippen molar-refractivity contribution in [3.63, 3.8) is 0 Å². The molecule has 0 unspecified atom stereocenters. The van der Waals surface area contributed by atoms with Crippen molar-refractivity contribution in [2.24, 2.45) is 0 Å². The molecule has 0 radical (unpaired) electrons. The van der Waals surface area contributed by atoms with Crippen LogP contribution in [0.25, 0.3) is 0 Å². The Balaban J connectivity index is 0. The van der Waals surface area contributed by atoms with Crippen LogP contribution in [0.3, 0.4) is 0 Å². The smallest absolute Gasteiger partial charge is 0.481 e. The lowest BCUT2D eigenvalue weighted by Crippen LogP contribution is -1.97. The first-order valence-electron chi connectivity index (χ1n) is 7.69. The fourth-order valence-corrected chi connectivity index (χ4v) is 1.74.